The molecule has 1 atom stereocenters. The highest BCUT2D eigenvalue weighted by molar-refractivity contribution is 7.15. The molecule has 1 fully saturated rings. The van der Waals surface area contributed by atoms with Crippen LogP contribution in [0.4, 0.5) is 0 Å². The van der Waals surface area contributed by atoms with Gasteiger partial charge in [0.2, 0.25) is 11.7 Å². The molecule has 0 radical (unpaired) electrons. The number of pyridine rings is 1. The fraction of sp³-hybridized carbons (Fsp3) is 0.294. The van der Waals surface area contributed by atoms with Gasteiger partial charge in [-0.2, -0.15) is 4.98 Å². The Balaban J connectivity index is 1.54. The molecule has 3 aromatic rings. The molecule has 0 aromatic carbocycles. The Labute approximate surface area is 143 Å². The summed E-state index contributed by atoms with van der Waals surface area (Å²) < 4.78 is 5.40. The van der Waals surface area contributed by atoms with Gasteiger partial charge < -0.3 is 9.42 Å². The predicted octanol–water partition coefficient (Wildman–Crippen LogP) is 3.40. The summed E-state index contributed by atoms with van der Waals surface area (Å²) in [5, 5.41) is 4.05. The summed E-state index contributed by atoms with van der Waals surface area (Å²) in [6, 6.07) is 7.50. The van der Waals surface area contributed by atoms with Gasteiger partial charge in [0.15, 0.2) is 0 Å². The second kappa shape index (κ2) is 5.83. The van der Waals surface area contributed by atoms with Crippen LogP contribution in [0.25, 0.3) is 10.7 Å². The Hall–Kier alpha value is -2.54. The van der Waals surface area contributed by atoms with Gasteiger partial charge >= 0.3 is 0 Å². The Morgan fingerprint density at radius 3 is 2.79 bits per heavy atom. The Morgan fingerprint density at radius 1 is 1.29 bits per heavy atom. The first kappa shape index (κ1) is 15.0. The van der Waals surface area contributed by atoms with Crippen LogP contribution in [-0.2, 0) is 0 Å². The van der Waals surface area contributed by atoms with Crippen LogP contribution < -0.4 is 0 Å². The minimum atomic E-state index is -0.152. The summed E-state index contributed by atoms with van der Waals surface area (Å²) >= 11 is 1.62. The van der Waals surface area contributed by atoms with E-state index in [0.717, 1.165) is 17.0 Å². The number of carbonyl (C=O) groups is 1. The lowest BCUT2D eigenvalue weighted by atomic mass is 10.0. The molecule has 1 aliphatic rings. The van der Waals surface area contributed by atoms with E-state index in [1.807, 2.05) is 32.0 Å². The molecule has 24 heavy (non-hydrogen) atoms. The highest BCUT2D eigenvalue weighted by Gasteiger charge is 2.38. The highest BCUT2D eigenvalue weighted by atomic mass is 32.1. The van der Waals surface area contributed by atoms with Crippen LogP contribution in [0.1, 0.15) is 39.3 Å². The second-order valence-corrected chi connectivity index (χ2v) is 7.15. The predicted molar refractivity (Wildman–Crippen MR) is 89.7 cm³/mol. The SMILES string of the molecule is Cc1ccc(C(=O)N2CC[C@H]2c2nc(-c3ccc(C)s3)no2)cn1. The molecule has 122 valence electrons. The molecule has 1 amide bonds. The molecule has 1 aliphatic heterocycles. The van der Waals surface area contributed by atoms with Crippen LogP contribution in [0.3, 0.4) is 0 Å². The molecular weight excluding hydrogens is 324 g/mol. The number of hydrogen-bond acceptors (Lipinski definition) is 6. The molecule has 0 unspecified atom stereocenters. The van der Waals surface area contributed by atoms with Gasteiger partial charge in [-0.05, 0) is 44.5 Å². The lowest BCUT2D eigenvalue weighted by Crippen LogP contribution is -2.45. The Morgan fingerprint density at radius 2 is 2.17 bits per heavy atom. The number of hydrogen-bond donors (Lipinski definition) is 0. The van der Waals surface area contributed by atoms with Crippen molar-refractivity contribution < 1.29 is 9.32 Å². The topological polar surface area (TPSA) is 72.1 Å². The number of rotatable bonds is 3. The molecule has 3 aromatic heterocycles. The van der Waals surface area contributed by atoms with Crippen molar-refractivity contribution in [1.82, 2.24) is 20.0 Å². The third-order valence-electron chi connectivity index (χ3n) is 4.13. The molecule has 0 aliphatic carbocycles. The van der Waals surface area contributed by atoms with E-state index in [4.69, 9.17) is 4.52 Å². The zero-order valence-electron chi connectivity index (χ0n) is 13.4. The van der Waals surface area contributed by atoms with Crippen molar-refractivity contribution >= 4 is 17.2 Å². The summed E-state index contributed by atoms with van der Waals surface area (Å²) in [6.45, 7) is 4.62. The van der Waals surface area contributed by atoms with Crippen LogP contribution in [0, 0.1) is 13.8 Å². The van der Waals surface area contributed by atoms with Gasteiger partial charge in [-0.3, -0.25) is 9.78 Å². The number of thiophene rings is 1. The van der Waals surface area contributed by atoms with E-state index < -0.39 is 0 Å². The Kier molecular flexibility index (Phi) is 3.65. The van der Waals surface area contributed by atoms with Crippen molar-refractivity contribution in [1.29, 1.82) is 0 Å². The third-order valence-corrected chi connectivity index (χ3v) is 5.12. The lowest BCUT2D eigenvalue weighted by molar-refractivity contribution is 0.0378. The highest BCUT2D eigenvalue weighted by Crippen LogP contribution is 2.35. The zero-order chi connectivity index (χ0) is 16.7. The first-order valence-electron chi connectivity index (χ1n) is 7.76. The van der Waals surface area contributed by atoms with Crippen LogP contribution in [0.5, 0.6) is 0 Å². The quantitative estimate of drug-likeness (QED) is 0.731. The summed E-state index contributed by atoms with van der Waals surface area (Å²) in [6.07, 6.45) is 2.44. The maximum absolute atomic E-state index is 12.6. The van der Waals surface area contributed by atoms with Crippen LogP contribution in [-0.4, -0.2) is 32.5 Å². The van der Waals surface area contributed by atoms with Gasteiger partial charge in [0, 0.05) is 23.3 Å². The fourth-order valence-electron chi connectivity index (χ4n) is 2.67. The largest absolute Gasteiger partial charge is 0.337 e. The Bertz CT molecular complexity index is 884. The summed E-state index contributed by atoms with van der Waals surface area (Å²) in [4.78, 5) is 25.2. The monoisotopic (exact) mass is 340 g/mol. The maximum atomic E-state index is 12.6. The average molecular weight is 340 g/mol. The van der Waals surface area contributed by atoms with E-state index >= 15 is 0 Å². The maximum Gasteiger partial charge on any atom is 0.256 e. The normalized spacial score (nSPS) is 16.9. The van der Waals surface area contributed by atoms with Gasteiger partial charge in [-0.25, -0.2) is 0 Å². The van der Waals surface area contributed by atoms with Crippen LogP contribution in [0.2, 0.25) is 0 Å². The molecule has 0 saturated carbocycles. The molecule has 0 spiro atoms. The van der Waals surface area contributed by atoms with Gasteiger partial charge in [-0.1, -0.05) is 5.16 Å². The molecule has 6 nitrogen and oxygen atoms in total. The average Bonchev–Trinajstić information content (AvgIpc) is 3.16. The van der Waals surface area contributed by atoms with Gasteiger partial charge in [0.1, 0.15) is 6.04 Å². The molecular formula is C17H16N4O2S. The standard InChI is InChI=1S/C17H16N4O2S/c1-10-3-5-12(9-18-10)17(22)21-8-7-13(21)16-19-15(20-23-16)14-6-4-11(2)24-14/h3-6,9,13H,7-8H2,1-2H3/t13-/m0/s1. The number of aromatic nitrogens is 3. The molecule has 7 heteroatoms. The summed E-state index contributed by atoms with van der Waals surface area (Å²) in [7, 11) is 0. The lowest BCUT2D eigenvalue weighted by Gasteiger charge is -2.38. The number of likely N-dealkylation sites (tertiary alicyclic amines) is 1. The van der Waals surface area contributed by atoms with Crippen molar-refractivity contribution in [2.45, 2.75) is 26.3 Å². The second-order valence-electron chi connectivity index (χ2n) is 5.86. The smallest absolute Gasteiger partial charge is 0.256 e. The molecule has 4 heterocycles. The molecule has 0 bridgehead atoms. The summed E-state index contributed by atoms with van der Waals surface area (Å²) in [5.74, 6) is 1.03. The fourth-order valence-corrected chi connectivity index (χ4v) is 3.47. The van der Waals surface area contributed by atoms with E-state index in [9.17, 15) is 4.79 Å². The minimum Gasteiger partial charge on any atom is -0.337 e. The molecule has 4 rings (SSSR count). The zero-order valence-corrected chi connectivity index (χ0v) is 14.2. The minimum absolute atomic E-state index is 0.0505. The van der Waals surface area contributed by atoms with Gasteiger partial charge in [0.25, 0.3) is 5.91 Å². The van der Waals surface area contributed by atoms with Crippen molar-refractivity contribution in [2.75, 3.05) is 6.54 Å². The molecule has 1 saturated heterocycles. The van der Waals surface area contributed by atoms with E-state index in [0.29, 0.717) is 23.8 Å². The van der Waals surface area contributed by atoms with Crippen LogP contribution in [0.15, 0.2) is 35.0 Å². The number of aryl methyl sites for hydroxylation is 2. The number of nitrogens with zero attached hydrogens (tertiary/aromatic N) is 4. The first-order valence-corrected chi connectivity index (χ1v) is 8.57. The first-order chi connectivity index (χ1) is 11.6. The third kappa shape index (κ3) is 2.60. The van der Waals surface area contributed by atoms with E-state index in [2.05, 4.69) is 15.1 Å². The van der Waals surface area contributed by atoms with E-state index in [1.54, 1.807) is 28.5 Å². The van der Waals surface area contributed by atoms with Crippen molar-refractivity contribution in [2.24, 2.45) is 0 Å². The van der Waals surface area contributed by atoms with Gasteiger partial charge in [-0.15, -0.1) is 11.3 Å². The van der Waals surface area contributed by atoms with Crippen molar-refractivity contribution in [3.63, 3.8) is 0 Å². The van der Waals surface area contributed by atoms with Gasteiger partial charge in [0.05, 0.1) is 10.4 Å². The van der Waals surface area contributed by atoms with Crippen molar-refractivity contribution in [3.05, 3.63) is 52.5 Å². The van der Waals surface area contributed by atoms with Crippen molar-refractivity contribution in [3.8, 4) is 10.7 Å². The summed E-state index contributed by atoms with van der Waals surface area (Å²) in [5.41, 5.74) is 1.47. The van der Waals surface area contributed by atoms with E-state index in [1.165, 1.54) is 4.88 Å². The van der Waals surface area contributed by atoms with E-state index in [-0.39, 0.29) is 11.9 Å². The number of amides is 1. The van der Waals surface area contributed by atoms with Crippen LogP contribution >= 0.6 is 11.3 Å². The number of carbonyl (C=O) groups excluding carboxylic acids is 1. The molecule has 0 N–H and O–H groups in total.